The van der Waals surface area contributed by atoms with Gasteiger partial charge in [-0.15, -0.1) is 0 Å². The Morgan fingerprint density at radius 3 is 1.64 bits per heavy atom. The predicted octanol–water partition coefficient (Wildman–Crippen LogP) is 5.03. The molecule has 28 heavy (non-hydrogen) atoms. The third-order valence-electron chi connectivity index (χ3n) is 5.67. The number of benzene rings is 2. The van der Waals surface area contributed by atoms with Gasteiger partial charge in [0.25, 0.3) is 0 Å². The summed E-state index contributed by atoms with van der Waals surface area (Å²) in [6.45, 7) is 14.4. The first-order valence-electron chi connectivity index (χ1n) is 9.92. The van der Waals surface area contributed by atoms with Crippen molar-refractivity contribution in [2.75, 3.05) is 7.11 Å². The van der Waals surface area contributed by atoms with Crippen molar-refractivity contribution in [3.8, 4) is 0 Å². The second-order valence-corrected chi connectivity index (χ2v) is 20.3. The van der Waals surface area contributed by atoms with Crippen molar-refractivity contribution in [3.05, 3.63) is 72.8 Å². The fourth-order valence-corrected chi connectivity index (χ4v) is 18.3. The van der Waals surface area contributed by atoms with Gasteiger partial charge in [-0.3, -0.25) is 0 Å². The van der Waals surface area contributed by atoms with Crippen LogP contribution in [-0.4, -0.2) is 29.2 Å². The zero-order valence-electron chi connectivity index (χ0n) is 18.3. The van der Waals surface area contributed by atoms with E-state index in [4.69, 9.17) is 4.74 Å². The SMILES string of the molecule is COC(=O)/C=C/C([Si](C)(C)C)[Si](c1ccccc1)(c1ccccc1)C(C)(C)C. The first-order valence-corrected chi connectivity index (χ1v) is 15.6. The smallest absolute Gasteiger partial charge is 0.330 e. The highest BCUT2D eigenvalue weighted by Gasteiger charge is 2.55. The first-order chi connectivity index (χ1) is 13.0. The molecule has 2 aromatic rings. The maximum atomic E-state index is 12.0. The summed E-state index contributed by atoms with van der Waals surface area (Å²) >= 11 is 0. The standard InChI is InChI=1S/C24H34O2Si2/c1-24(2,3)28(20-14-10-8-11-15-20,21-16-12-9-13-17-21)23(27(5,6)7)19-18-22(25)26-4/h8-19,23H,1-7H3/b19-18+. The van der Waals surface area contributed by atoms with Crippen molar-refractivity contribution in [1.82, 2.24) is 0 Å². The lowest BCUT2D eigenvalue weighted by atomic mass is 10.2. The molecule has 0 spiro atoms. The van der Waals surface area contributed by atoms with Crippen LogP contribution >= 0.6 is 0 Å². The molecule has 2 nitrogen and oxygen atoms in total. The van der Waals surface area contributed by atoms with Gasteiger partial charge >= 0.3 is 5.97 Å². The number of carbonyl (C=O) groups excluding carboxylic acids is 1. The fraction of sp³-hybridized carbons (Fsp3) is 0.375. The van der Waals surface area contributed by atoms with Crippen molar-refractivity contribution in [1.29, 1.82) is 0 Å². The van der Waals surface area contributed by atoms with E-state index in [-0.39, 0.29) is 11.0 Å². The molecule has 0 radical (unpaired) electrons. The molecule has 0 bridgehead atoms. The van der Waals surface area contributed by atoms with Gasteiger partial charge in [0.05, 0.1) is 7.11 Å². The van der Waals surface area contributed by atoms with Crippen LogP contribution in [0.3, 0.4) is 0 Å². The largest absolute Gasteiger partial charge is 0.466 e. The van der Waals surface area contributed by atoms with Gasteiger partial charge < -0.3 is 4.74 Å². The van der Waals surface area contributed by atoms with Crippen LogP contribution in [0, 0.1) is 0 Å². The maximum Gasteiger partial charge on any atom is 0.330 e. The van der Waals surface area contributed by atoms with Gasteiger partial charge in [-0.05, 0) is 10.2 Å². The van der Waals surface area contributed by atoms with Gasteiger partial charge in [0.2, 0.25) is 0 Å². The number of esters is 1. The zero-order valence-corrected chi connectivity index (χ0v) is 20.3. The molecule has 0 saturated heterocycles. The Balaban J connectivity index is 2.92. The molecule has 0 aliphatic rings. The summed E-state index contributed by atoms with van der Waals surface area (Å²) in [6, 6.07) is 22.0. The van der Waals surface area contributed by atoms with Gasteiger partial charge in [0.15, 0.2) is 0 Å². The summed E-state index contributed by atoms with van der Waals surface area (Å²) < 4.78 is 4.93. The maximum absolute atomic E-state index is 12.0. The Hall–Kier alpha value is -1.92. The van der Waals surface area contributed by atoms with E-state index >= 15 is 0 Å². The van der Waals surface area contributed by atoms with E-state index in [1.165, 1.54) is 17.5 Å². The van der Waals surface area contributed by atoms with Crippen molar-refractivity contribution in [2.24, 2.45) is 0 Å². The summed E-state index contributed by atoms with van der Waals surface area (Å²) in [5.41, 5.74) is 0. The molecular formula is C24H34O2Si2. The first kappa shape index (κ1) is 22.4. The van der Waals surface area contributed by atoms with E-state index in [9.17, 15) is 4.79 Å². The third kappa shape index (κ3) is 4.39. The molecule has 150 valence electrons. The van der Waals surface area contributed by atoms with Crippen LogP contribution in [-0.2, 0) is 9.53 Å². The molecule has 0 aliphatic heterocycles. The Bertz CT molecular complexity index is 760. The van der Waals surface area contributed by atoms with Gasteiger partial charge in [-0.25, -0.2) is 4.79 Å². The van der Waals surface area contributed by atoms with Crippen LogP contribution in [0.2, 0.25) is 29.8 Å². The minimum absolute atomic E-state index is 0.0567. The summed E-state index contributed by atoms with van der Waals surface area (Å²) in [5, 5.41) is 3.25. The molecule has 1 unspecified atom stereocenters. The number of allylic oxidation sites excluding steroid dienone is 1. The van der Waals surface area contributed by atoms with Crippen LogP contribution in [0.1, 0.15) is 20.8 Å². The topological polar surface area (TPSA) is 26.3 Å². The predicted molar refractivity (Wildman–Crippen MR) is 126 cm³/mol. The second-order valence-electron chi connectivity index (χ2n) is 9.52. The molecular weight excluding hydrogens is 376 g/mol. The van der Waals surface area contributed by atoms with Gasteiger partial charge in [-0.1, -0.05) is 118 Å². The summed E-state index contributed by atoms with van der Waals surface area (Å²) in [4.78, 5) is 12.0. The third-order valence-corrected chi connectivity index (χ3v) is 17.6. The van der Waals surface area contributed by atoms with Crippen LogP contribution in [0.4, 0.5) is 0 Å². The molecule has 1 atom stereocenters. The number of carbonyl (C=O) groups is 1. The molecule has 2 aromatic carbocycles. The van der Waals surface area contributed by atoms with E-state index in [0.717, 1.165) is 0 Å². The van der Waals surface area contributed by atoms with Crippen LogP contribution in [0.5, 0.6) is 0 Å². The Kier molecular flexibility index (Phi) is 6.89. The van der Waals surface area contributed by atoms with Crippen molar-refractivity contribution < 1.29 is 9.53 Å². The molecule has 0 fully saturated rings. The van der Waals surface area contributed by atoms with Crippen LogP contribution < -0.4 is 10.4 Å². The van der Waals surface area contributed by atoms with Crippen LogP contribution in [0.25, 0.3) is 0 Å². The van der Waals surface area contributed by atoms with Crippen molar-refractivity contribution >= 4 is 32.5 Å². The molecule has 0 amide bonds. The highest BCUT2D eigenvalue weighted by molar-refractivity contribution is 7.13. The second kappa shape index (κ2) is 8.62. The van der Waals surface area contributed by atoms with Crippen molar-refractivity contribution in [3.63, 3.8) is 0 Å². The molecule has 4 heteroatoms. The summed E-state index contributed by atoms with van der Waals surface area (Å²) in [5.74, 6) is -0.277. The molecule has 0 heterocycles. The average molecular weight is 411 g/mol. The van der Waals surface area contributed by atoms with E-state index in [0.29, 0.717) is 5.16 Å². The van der Waals surface area contributed by atoms with Crippen LogP contribution in [0.15, 0.2) is 72.8 Å². The highest BCUT2D eigenvalue weighted by Crippen LogP contribution is 2.47. The van der Waals surface area contributed by atoms with Gasteiger partial charge in [0, 0.05) is 14.1 Å². The molecule has 0 aromatic heterocycles. The molecule has 0 aliphatic carbocycles. The Morgan fingerprint density at radius 1 is 0.893 bits per heavy atom. The van der Waals surface area contributed by atoms with Crippen molar-refractivity contribution in [2.45, 2.75) is 50.6 Å². The Labute approximate surface area is 172 Å². The van der Waals surface area contributed by atoms with E-state index in [1.807, 2.05) is 0 Å². The highest BCUT2D eigenvalue weighted by atomic mass is 28.4. The lowest BCUT2D eigenvalue weighted by molar-refractivity contribution is -0.134. The number of ether oxygens (including phenoxy) is 1. The monoisotopic (exact) mass is 410 g/mol. The van der Waals surface area contributed by atoms with E-state index < -0.39 is 16.1 Å². The lowest BCUT2D eigenvalue weighted by Gasteiger charge is -2.52. The average Bonchev–Trinajstić information content (AvgIpc) is 2.64. The lowest BCUT2D eigenvalue weighted by Crippen LogP contribution is -2.70. The summed E-state index contributed by atoms with van der Waals surface area (Å²) in [6.07, 6.45) is 3.83. The summed E-state index contributed by atoms with van der Waals surface area (Å²) in [7, 11) is -2.59. The molecule has 0 saturated carbocycles. The molecule has 0 N–H and O–H groups in total. The van der Waals surface area contributed by atoms with E-state index in [2.05, 4.69) is 107 Å². The molecule has 2 rings (SSSR count). The zero-order chi connectivity index (χ0) is 21.0. The number of hydrogen-bond donors (Lipinski definition) is 0. The number of methoxy groups -OCH3 is 1. The van der Waals surface area contributed by atoms with E-state index in [1.54, 1.807) is 6.08 Å². The number of rotatable bonds is 6. The normalized spacial score (nSPS) is 14.1. The minimum Gasteiger partial charge on any atom is -0.466 e. The van der Waals surface area contributed by atoms with Gasteiger partial charge in [-0.2, -0.15) is 0 Å². The minimum atomic E-state index is -2.33. The number of hydrogen-bond acceptors (Lipinski definition) is 2. The quantitative estimate of drug-likeness (QED) is 0.379. The fourth-order valence-electron chi connectivity index (χ4n) is 4.59. The Morgan fingerprint density at radius 2 is 1.32 bits per heavy atom. The van der Waals surface area contributed by atoms with Gasteiger partial charge in [0.1, 0.15) is 8.07 Å².